The Bertz CT molecular complexity index is 964. The number of thioether (sulfide) groups is 1. The molecule has 1 fully saturated rings. The van der Waals surface area contributed by atoms with Crippen molar-refractivity contribution in [2.75, 3.05) is 0 Å². The number of carbonyl (C=O) groups is 3. The number of rotatable bonds is 4. The van der Waals surface area contributed by atoms with E-state index in [4.69, 9.17) is 0 Å². The monoisotopic (exact) mass is 366 g/mol. The van der Waals surface area contributed by atoms with Crippen molar-refractivity contribution in [3.63, 3.8) is 0 Å². The summed E-state index contributed by atoms with van der Waals surface area (Å²) in [4.78, 5) is 38.4. The molecule has 1 saturated heterocycles. The molecule has 3 rings (SSSR count). The molecule has 1 aliphatic heterocycles. The van der Waals surface area contributed by atoms with Gasteiger partial charge in [0.05, 0.1) is 22.5 Å². The number of aliphatic imine (C=N–C) groups is 1. The Balaban J connectivity index is 1.85. The predicted molar refractivity (Wildman–Crippen MR) is 92.4 cm³/mol. The Hall–Kier alpha value is -3.39. The van der Waals surface area contributed by atoms with E-state index in [1.807, 2.05) is 0 Å². The summed E-state index contributed by atoms with van der Waals surface area (Å²) in [6.45, 7) is 0. The van der Waals surface area contributed by atoms with E-state index in [1.165, 1.54) is 24.3 Å². The van der Waals surface area contributed by atoms with Crippen LogP contribution in [0, 0.1) is 0 Å². The molecule has 130 valence electrons. The lowest BCUT2D eigenvalue weighted by molar-refractivity contribution is -0.256. The second-order valence-corrected chi connectivity index (χ2v) is 6.23. The third-order valence-corrected chi connectivity index (χ3v) is 4.35. The van der Waals surface area contributed by atoms with Crippen molar-refractivity contribution >= 4 is 46.5 Å². The predicted octanol–water partition coefficient (Wildman–Crippen LogP) is 0.305. The third kappa shape index (κ3) is 3.81. The zero-order valence-corrected chi connectivity index (χ0v) is 13.9. The first-order valence-corrected chi connectivity index (χ1v) is 8.17. The quantitative estimate of drug-likeness (QED) is 0.777. The number of carboxylic acid groups (broad SMARTS) is 2. The molecule has 0 saturated carbocycles. The molecule has 0 radical (unpaired) electrons. The molecule has 0 unspecified atom stereocenters. The maximum atomic E-state index is 12.1. The van der Waals surface area contributed by atoms with Gasteiger partial charge in [0, 0.05) is 5.56 Å². The van der Waals surface area contributed by atoms with Gasteiger partial charge in [0.25, 0.3) is 5.91 Å². The summed E-state index contributed by atoms with van der Waals surface area (Å²) in [5.41, 5.74) is 0.765. The smallest absolute Gasteiger partial charge is 0.264 e. The van der Waals surface area contributed by atoms with Gasteiger partial charge >= 0.3 is 0 Å². The van der Waals surface area contributed by atoms with Crippen LogP contribution in [-0.2, 0) is 4.79 Å². The van der Waals surface area contributed by atoms with Crippen molar-refractivity contribution in [3.05, 3.63) is 70.1 Å². The zero-order chi connectivity index (χ0) is 18.7. The topological polar surface area (TPSA) is 122 Å². The van der Waals surface area contributed by atoms with Crippen LogP contribution in [0.15, 0.2) is 58.4 Å². The van der Waals surface area contributed by atoms with Gasteiger partial charge < -0.3 is 25.1 Å². The number of hydrogen-bond donors (Lipinski definition) is 1. The normalized spacial score (nSPS) is 16.7. The minimum atomic E-state index is -1.36. The Morgan fingerprint density at radius 2 is 1.69 bits per heavy atom. The SMILES string of the molecule is O=C1NC(=Nc2ccccc2C(=O)[O-])S/C1=C\c1ccc(C(=O)[O-])cc1. The van der Waals surface area contributed by atoms with Gasteiger partial charge in [-0.3, -0.25) is 4.79 Å². The first kappa shape index (κ1) is 17.4. The van der Waals surface area contributed by atoms with Crippen LogP contribution in [0.2, 0.25) is 0 Å². The van der Waals surface area contributed by atoms with Gasteiger partial charge in [0.2, 0.25) is 0 Å². The Labute approximate surface area is 152 Å². The van der Waals surface area contributed by atoms with Gasteiger partial charge in [-0.1, -0.05) is 42.5 Å². The first-order valence-electron chi connectivity index (χ1n) is 7.35. The summed E-state index contributed by atoms with van der Waals surface area (Å²) in [6, 6.07) is 11.9. The lowest BCUT2D eigenvalue weighted by Crippen LogP contribution is -2.23. The van der Waals surface area contributed by atoms with E-state index in [0.717, 1.165) is 11.8 Å². The van der Waals surface area contributed by atoms with Crippen molar-refractivity contribution in [1.29, 1.82) is 0 Å². The Kier molecular flexibility index (Phi) is 4.85. The number of nitrogens with zero attached hydrogens (tertiary/aromatic N) is 1. The molecule has 1 amide bonds. The van der Waals surface area contributed by atoms with Crippen molar-refractivity contribution in [2.24, 2.45) is 4.99 Å². The zero-order valence-electron chi connectivity index (χ0n) is 13.1. The van der Waals surface area contributed by atoms with E-state index in [2.05, 4.69) is 10.3 Å². The fourth-order valence-corrected chi connectivity index (χ4v) is 3.04. The maximum Gasteiger partial charge on any atom is 0.264 e. The van der Waals surface area contributed by atoms with E-state index in [1.54, 1.807) is 30.3 Å². The van der Waals surface area contributed by atoms with Crippen LogP contribution in [0.25, 0.3) is 6.08 Å². The van der Waals surface area contributed by atoms with Crippen LogP contribution in [0.1, 0.15) is 26.3 Å². The molecule has 1 aliphatic rings. The summed E-state index contributed by atoms with van der Waals surface area (Å²) in [5, 5.41) is 24.6. The molecule has 2 aromatic carbocycles. The van der Waals surface area contributed by atoms with Crippen LogP contribution in [-0.4, -0.2) is 23.0 Å². The highest BCUT2D eigenvalue weighted by Gasteiger charge is 2.24. The van der Waals surface area contributed by atoms with Crippen molar-refractivity contribution in [1.82, 2.24) is 5.32 Å². The van der Waals surface area contributed by atoms with Crippen molar-refractivity contribution in [3.8, 4) is 0 Å². The Morgan fingerprint density at radius 1 is 1.00 bits per heavy atom. The van der Waals surface area contributed by atoms with E-state index in [-0.39, 0.29) is 27.9 Å². The van der Waals surface area contributed by atoms with Gasteiger partial charge in [-0.15, -0.1) is 0 Å². The number of amidine groups is 1. The molecular formula is C18H10N2O5S-2. The molecule has 2 aromatic rings. The second kappa shape index (κ2) is 7.24. The molecule has 0 bridgehead atoms. The second-order valence-electron chi connectivity index (χ2n) is 5.20. The summed E-state index contributed by atoms with van der Waals surface area (Å²) in [6.07, 6.45) is 1.58. The Morgan fingerprint density at radius 3 is 2.35 bits per heavy atom. The molecule has 0 aromatic heterocycles. The third-order valence-electron chi connectivity index (χ3n) is 3.44. The van der Waals surface area contributed by atoms with E-state index in [9.17, 15) is 24.6 Å². The lowest BCUT2D eigenvalue weighted by atomic mass is 10.1. The molecule has 1 N–H and O–H groups in total. The number of amides is 1. The number of aromatic carboxylic acids is 2. The molecule has 0 spiro atoms. The minimum absolute atomic E-state index is 0.0387. The van der Waals surface area contributed by atoms with Gasteiger partial charge in [0.15, 0.2) is 5.17 Å². The molecule has 7 nitrogen and oxygen atoms in total. The number of hydrogen-bond acceptors (Lipinski definition) is 7. The van der Waals surface area contributed by atoms with E-state index >= 15 is 0 Å². The number of nitrogens with one attached hydrogen (secondary N) is 1. The molecule has 1 heterocycles. The highest BCUT2D eigenvalue weighted by Crippen LogP contribution is 2.29. The lowest BCUT2D eigenvalue weighted by Gasteiger charge is -2.06. The maximum absolute atomic E-state index is 12.1. The largest absolute Gasteiger partial charge is 0.545 e. The average molecular weight is 366 g/mol. The summed E-state index contributed by atoms with van der Waals surface area (Å²) in [5.74, 6) is -3.02. The van der Waals surface area contributed by atoms with E-state index in [0.29, 0.717) is 10.5 Å². The highest BCUT2D eigenvalue weighted by molar-refractivity contribution is 8.18. The van der Waals surface area contributed by atoms with Gasteiger partial charge in [0.1, 0.15) is 0 Å². The number of carboxylic acids is 2. The van der Waals surface area contributed by atoms with Gasteiger partial charge in [-0.05, 0) is 35.0 Å². The van der Waals surface area contributed by atoms with Crippen LogP contribution >= 0.6 is 11.8 Å². The number of carbonyl (C=O) groups excluding carboxylic acids is 3. The van der Waals surface area contributed by atoms with Crippen LogP contribution in [0.5, 0.6) is 0 Å². The fraction of sp³-hybridized carbons (Fsp3) is 0. The standard InChI is InChI=1S/C18H12N2O5S/c21-15-14(9-10-5-7-11(8-6-10)16(22)23)26-18(20-15)19-13-4-2-1-3-12(13)17(24)25/h1-9H,(H,22,23)(H,24,25)(H,19,20,21)/p-2/b14-9-. The average Bonchev–Trinajstić information content (AvgIpc) is 2.95. The molecular weight excluding hydrogens is 356 g/mol. The summed E-state index contributed by atoms with van der Waals surface area (Å²) in [7, 11) is 0. The van der Waals surface area contributed by atoms with Crippen LogP contribution in [0.3, 0.4) is 0 Å². The first-order chi connectivity index (χ1) is 12.4. The minimum Gasteiger partial charge on any atom is -0.545 e. The fourth-order valence-electron chi connectivity index (χ4n) is 2.20. The van der Waals surface area contributed by atoms with E-state index < -0.39 is 11.9 Å². The summed E-state index contributed by atoms with van der Waals surface area (Å²) >= 11 is 1.05. The van der Waals surface area contributed by atoms with Crippen LogP contribution < -0.4 is 15.5 Å². The molecule has 8 heteroatoms. The molecule has 26 heavy (non-hydrogen) atoms. The van der Waals surface area contributed by atoms with Gasteiger partial charge in [-0.25, -0.2) is 4.99 Å². The van der Waals surface area contributed by atoms with Crippen molar-refractivity contribution in [2.45, 2.75) is 0 Å². The van der Waals surface area contributed by atoms with Gasteiger partial charge in [-0.2, -0.15) is 0 Å². The summed E-state index contributed by atoms with van der Waals surface area (Å²) < 4.78 is 0. The van der Waals surface area contributed by atoms with Crippen LogP contribution in [0.4, 0.5) is 5.69 Å². The molecule has 0 aliphatic carbocycles. The van der Waals surface area contributed by atoms with Crippen molar-refractivity contribution < 1.29 is 24.6 Å². The highest BCUT2D eigenvalue weighted by atomic mass is 32.2. The number of benzene rings is 2. The molecule has 0 atom stereocenters. The number of para-hydroxylation sites is 1.